The number of fused-ring (bicyclic) bond motifs is 3. The highest BCUT2D eigenvalue weighted by Crippen LogP contribution is 2.40. The minimum absolute atomic E-state index is 0.846. The Morgan fingerprint density at radius 3 is 1.80 bits per heavy atom. The van der Waals surface area contributed by atoms with Crippen LogP contribution >= 0.6 is 0 Å². The van der Waals surface area contributed by atoms with Gasteiger partial charge in [-0.1, -0.05) is 127 Å². The number of rotatable bonds is 6. The van der Waals surface area contributed by atoms with Crippen molar-refractivity contribution >= 4 is 45.6 Å². The number of benzene rings is 6. The minimum Gasteiger partial charge on any atom is -0.264 e. The van der Waals surface area contributed by atoms with Gasteiger partial charge in [0.1, 0.15) is 0 Å². The molecule has 240 valence electrons. The van der Waals surface area contributed by atoms with Crippen molar-refractivity contribution in [1.82, 2.24) is 9.97 Å². The van der Waals surface area contributed by atoms with Gasteiger partial charge in [-0.2, -0.15) is 0 Å². The van der Waals surface area contributed by atoms with Crippen molar-refractivity contribution in [2.24, 2.45) is 4.99 Å². The third-order valence-electron chi connectivity index (χ3n) is 9.96. The highest BCUT2D eigenvalue weighted by molar-refractivity contribution is 6.01. The molecular weight excluding hydrogens is 619 g/mol. The van der Waals surface area contributed by atoms with Crippen LogP contribution in [0.15, 0.2) is 181 Å². The van der Waals surface area contributed by atoms with E-state index in [4.69, 9.17) is 0 Å². The summed E-state index contributed by atoms with van der Waals surface area (Å²) < 4.78 is 0. The van der Waals surface area contributed by atoms with Crippen molar-refractivity contribution in [2.45, 2.75) is 6.42 Å². The van der Waals surface area contributed by atoms with E-state index in [1.165, 1.54) is 33.0 Å². The fourth-order valence-corrected chi connectivity index (χ4v) is 7.45. The van der Waals surface area contributed by atoms with Crippen LogP contribution in [-0.4, -0.2) is 16.7 Å². The molecule has 0 N–H and O–H groups in total. The third-order valence-corrected chi connectivity index (χ3v) is 9.96. The summed E-state index contributed by atoms with van der Waals surface area (Å²) in [6, 6.07) is 49.7. The number of hydrogen-bond donors (Lipinski definition) is 0. The van der Waals surface area contributed by atoms with Crippen LogP contribution in [0.25, 0.3) is 66.6 Å². The maximum absolute atomic E-state index is 4.64. The molecule has 8 aromatic rings. The number of allylic oxidation sites excluding steroid dienone is 2. The monoisotopic (exact) mass is 651 g/mol. The van der Waals surface area contributed by atoms with Gasteiger partial charge in [0.15, 0.2) is 0 Å². The molecule has 0 fully saturated rings. The maximum Gasteiger partial charge on any atom is 0.0701 e. The molecule has 1 aliphatic carbocycles. The first-order chi connectivity index (χ1) is 25.2. The summed E-state index contributed by atoms with van der Waals surface area (Å²) in [5.41, 5.74) is 14.8. The van der Waals surface area contributed by atoms with Gasteiger partial charge in [0.25, 0.3) is 0 Å². The fraction of sp³-hybridized carbons (Fsp3) is 0.0208. The van der Waals surface area contributed by atoms with Crippen molar-refractivity contribution in [3.63, 3.8) is 0 Å². The smallest absolute Gasteiger partial charge is 0.0701 e. The predicted molar refractivity (Wildman–Crippen MR) is 214 cm³/mol. The molecule has 0 radical (unpaired) electrons. The van der Waals surface area contributed by atoms with E-state index in [1.807, 2.05) is 36.9 Å². The Morgan fingerprint density at radius 2 is 1.12 bits per heavy atom. The molecule has 0 spiro atoms. The second-order valence-electron chi connectivity index (χ2n) is 13.0. The van der Waals surface area contributed by atoms with Gasteiger partial charge in [0.05, 0.1) is 5.69 Å². The van der Waals surface area contributed by atoms with E-state index in [-0.39, 0.29) is 0 Å². The van der Waals surface area contributed by atoms with Crippen LogP contribution < -0.4 is 0 Å². The first-order valence-corrected chi connectivity index (χ1v) is 17.2. The lowest BCUT2D eigenvalue weighted by Crippen LogP contribution is -2.02. The summed E-state index contributed by atoms with van der Waals surface area (Å²) >= 11 is 0. The van der Waals surface area contributed by atoms with Crippen LogP contribution in [0.2, 0.25) is 0 Å². The standard InChI is InChI=1S/C48H33N3/c1-49-47-17-9-8-16-44(47)48(36-23-20-32-10-2-3-11-35(32)24-36)34-21-18-33(19-22-34)39-25-40(45-30-50-28-37-12-4-6-14-42(37)45)27-41(26-39)46-31-51-29-38-13-5-7-15-43(38)46/h2-23,25-31H,1,24H2/b48-36-. The molecule has 3 heteroatoms. The largest absolute Gasteiger partial charge is 0.264 e. The number of aromatic nitrogens is 2. The van der Waals surface area contributed by atoms with E-state index < -0.39 is 0 Å². The molecule has 2 aromatic heterocycles. The molecule has 0 saturated heterocycles. The third kappa shape index (κ3) is 5.65. The number of aliphatic imine (C=N–C) groups is 1. The Kier molecular flexibility index (Phi) is 7.71. The Morgan fingerprint density at radius 1 is 0.529 bits per heavy atom. The quantitative estimate of drug-likeness (QED) is 0.168. The summed E-state index contributed by atoms with van der Waals surface area (Å²) in [7, 11) is 0. The van der Waals surface area contributed by atoms with Gasteiger partial charge < -0.3 is 0 Å². The number of pyridine rings is 2. The number of nitrogens with zero attached hydrogens (tertiary/aromatic N) is 3. The molecular formula is C48H33N3. The summed E-state index contributed by atoms with van der Waals surface area (Å²) in [6.07, 6.45) is 13.2. The number of para-hydroxylation sites is 1. The normalized spacial score (nSPS) is 13.3. The van der Waals surface area contributed by atoms with E-state index in [9.17, 15) is 0 Å². The van der Waals surface area contributed by atoms with Crippen LogP contribution in [0.3, 0.4) is 0 Å². The first kappa shape index (κ1) is 30.4. The van der Waals surface area contributed by atoms with E-state index in [0.717, 1.165) is 67.4 Å². The zero-order valence-corrected chi connectivity index (χ0v) is 28.0. The Balaban J connectivity index is 1.21. The molecule has 0 aliphatic heterocycles. The van der Waals surface area contributed by atoms with Gasteiger partial charge in [-0.3, -0.25) is 15.0 Å². The molecule has 0 bridgehead atoms. The Labute approximate surface area is 297 Å². The molecule has 6 aromatic carbocycles. The van der Waals surface area contributed by atoms with Crippen molar-refractivity contribution in [2.75, 3.05) is 0 Å². The highest BCUT2D eigenvalue weighted by atomic mass is 14.7. The van der Waals surface area contributed by atoms with E-state index >= 15 is 0 Å². The lowest BCUT2D eigenvalue weighted by molar-refractivity contribution is 1.17. The summed E-state index contributed by atoms with van der Waals surface area (Å²) in [4.78, 5) is 13.7. The average molecular weight is 652 g/mol. The lowest BCUT2D eigenvalue weighted by atomic mass is 9.84. The van der Waals surface area contributed by atoms with Gasteiger partial charge in [0, 0.05) is 52.3 Å². The van der Waals surface area contributed by atoms with Crippen LogP contribution in [0, 0.1) is 0 Å². The average Bonchev–Trinajstić information content (AvgIpc) is 3.20. The molecule has 1 aliphatic rings. The van der Waals surface area contributed by atoms with E-state index in [2.05, 4.69) is 161 Å². The van der Waals surface area contributed by atoms with Crippen LogP contribution in [0.5, 0.6) is 0 Å². The molecule has 0 unspecified atom stereocenters. The van der Waals surface area contributed by atoms with Crippen molar-refractivity contribution in [3.8, 4) is 33.4 Å². The minimum atomic E-state index is 0.846. The molecule has 0 amide bonds. The van der Waals surface area contributed by atoms with Gasteiger partial charge in [-0.25, -0.2) is 0 Å². The summed E-state index contributed by atoms with van der Waals surface area (Å²) in [5, 5.41) is 4.59. The molecule has 3 nitrogen and oxygen atoms in total. The zero-order valence-electron chi connectivity index (χ0n) is 28.0. The van der Waals surface area contributed by atoms with Crippen molar-refractivity contribution in [1.29, 1.82) is 0 Å². The molecule has 9 rings (SSSR count). The molecule has 2 heterocycles. The predicted octanol–water partition coefficient (Wildman–Crippen LogP) is 12.2. The SMILES string of the molecule is C=Nc1ccccc1/C(=C1/C=Cc2ccccc2C1)c1ccc(-c2cc(-c3cncc4ccccc34)cc(-c3cncc4ccccc34)c2)cc1. The van der Waals surface area contributed by atoms with Gasteiger partial charge >= 0.3 is 0 Å². The van der Waals surface area contributed by atoms with Crippen molar-refractivity contribution in [3.05, 3.63) is 198 Å². The van der Waals surface area contributed by atoms with Crippen LogP contribution in [0.1, 0.15) is 22.3 Å². The molecule has 51 heavy (non-hydrogen) atoms. The topological polar surface area (TPSA) is 38.1 Å². The molecule has 0 saturated carbocycles. The van der Waals surface area contributed by atoms with Gasteiger partial charge in [-0.15, -0.1) is 0 Å². The second-order valence-corrected chi connectivity index (χ2v) is 13.0. The van der Waals surface area contributed by atoms with Crippen LogP contribution in [-0.2, 0) is 6.42 Å². The second kappa shape index (κ2) is 13.0. The fourth-order valence-electron chi connectivity index (χ4n) is 7.45. The Hall–Kier alpha value is -6.71. The summed E-state index contributed by atoms with van der Waals surface area (Å²) in [6.45, 7) is 3.91. The number of hydrogen-bond acceptors (Lipinski definition) is 3. The van der Waals surface area contributed by atoms with Crippen molar-refractivity contribution < 1.29 is 0 Å². The molecule has 0 atom stereocenters. The van der Waals surface area contributed by atoms with Gasteiger partial charge in [-0.05, 0) is 98.3 Å². The first-order valence-electron chi connectivity index (χ1n) is 17.2. The zero-order chi connectivity index (χ0) is 34.1. The maximum atomic E-state index is 4.64. The highest BCUT2D eigenvalue weighted by Gasteiger charge is 2.18. The summed E-state index contributed by atoms with van der Waals surface area (Å²) in [5.74, 6) is 0. The Bertz CT molecular complexity index is 2570. The van der Waals surface area contributed by atoms with Gasteiger partial charge in [0.2, 0.25) is 0 Å². The van der Waals surface area contributed by atoms with E-state index in [0.29, 0.717) is 0 Å². The lowest BCUT2D eigenvalue weighted by Gasteiger charge is -2.20. The van der Waals surface area contributed by atoms with Crippen LogP contribution in [0.4, 0.5) is 5.69 Å². The van der Waals surface area contributed by atoms with E-state index in [1.54, 1.807) is 0 Å².